The van der Waals surface area contributed by atoms with Crippen molar-refractivity contribution in [2.75, 3.05) is 38.3 Å². The van der Waals surface area contributed by atoms with Gasteiger partial charge in [-0.1, -0.05) is 0 Å². The predicted molar refractivity (Wildman–Crippen MR) is 70.3 cm³/mol. The Labute approximate surface area is 113 Å². The van der Waals surface area contributed by atoms with E-state index >= 15 is 0 Å². The van der Waals surface area contributed by atoms with E-state index in [1.165, 1.54) is 0 Å². The molecule has 0 amide bonds. The Hall–Kier alpha value is -0.670. The summed E-state index contributed by atoms with van der Waals surface area (Å²) in [5, 5.41) is 9.10. The van der Waals surface area contributed by atoms with Crippen molar-refractivity contribution in [3.63, 3.8) is 0 Å². The SMILES string of the molecule is COc1nc(I)cc(N2CCO[C@@H](CO)C2)n1. The minimum atomic E-state index is -0.151. The molecule has 1 saturated heterocycles. The third-order valence-corrected chi connectivity index (χ3v) is 3.06. The van der Waals surface area contributed by atoms with Crippen LogP contribution in [0.15, 0.2) is 6.07 Å². The first-order chi connectivity index (χ1) is 8.22. The lowest BCUT2D eigenvalue weighted by Gasteiger charge is -2.32. The zero-order valence-corrected chi connectivity index (χ0v) is 11.6. The molecule has 1 fully saturated rings. The van der Waals surface area contributed by atoms with Crippen LogP contribution in [0.1, 0.15) is 0 Å². The number of ether oxygens (including phenoxy) is 2. The molecule has 0 unspecified atom stereocenters. The molecule has 1 atom stereocenters. The average Bonchev–Trinajstić information content (AvgIpc) is 2.38. The first kappa shape index (κ1) is 12.8. The molecule has 0 aliphatic carbocycles. The monoisotopic (exact) mass is 351 g/mol. The second kappa shape index (κ2) is 5.78. The number of aromatic nitrogens is 2. The van der Waals surface area contributed by atoms with Gasteiger partial charge in [-0.15, -0.1) is 0 Å². The minimum absolute atomic E-state index is 0.0236. The van der Waals surface area contributed by atoms with Gasteiger partial charge in [-0.25, -0.2) is 0 Å². The molecule has 1 aliphatic heterocycles. The number of aliphatic hydroxyl groups is 1. The number of methoxy groups -OCH3 is 1. The maximum absolute atomic E-state index is 9.10. The Morgan fingerprint density at radius 2 is 2.47 bits per heavy atom. The first-order valence-electron chi connectivity index (χ1n) is 5.29. The molecule has 0 spiro atoms. The number of aliphatic hydroxyl groups excluding tert-OH is 1. The number of hydrogen-bond donors (Lipinski definition) is 1. The summed E-state index contributed by atoms with van der Waals surface area (Å²) < 4.78 is 11.3. The minimum Gasteiger partial charge on any atom is -0.467 e. The molecule has 2 heterocycles. The van der Waals surface area contributed by atoms with Crippen molar-refractivity contribution in [1.29, 1.82) is 0 Å². The lowest BCUT2D eigenvalue weighted by Crippen LogP contribution is -2.44. The van der Waals surface area contributed by atoms with Crippen LogP contribution in [-0.4, -0.2) is 54.6 Å². The van der Waals surface area contributed by atoms with Crippen molar-refractivity contribution in [2.45, 2.75) is 6.10 Å². The van der Waals surface area contributed by atoms with Gasteiger partial charge in [0, 0.05) is 19.2 Å². The van der Waals surface area contributed by atoms with Gasteiger partial charge in [-0.05, 0) is 22.6 Å². The van der Waals surface area contributed by atoms with Crippen molar-refractivity contribution in [2.24, 2.45) is 0 Å². The highest BCUT2D eigenvalue weighted by molar-refractivity contribution is 14.1. The maximum Gasteiger partial charge on any atom is 0.319 e. The highest BCUT2D eigenvalue weighted by atomic mass is 127. The second-order valence-corrected chi connectivity index (χ2v) is 4.76. The lowest BCUT2D eigenvalue weighted by atomic mass is 10.3. The molecule has 1 aromatic rings. The van der Waals surface area contributed by atoms with E-state index in [4.69, 9.17) is 14.6 Å². The van der Waals surface area contributed by atoms with Gasteiger partial charge in [-0.3, -0.25) is 0 Å². The Morgan fingerprint density at radius 3 is 3.18 bits per heavy atom. The molecule has 0 radical (unpaired) electrons. The van der Waals surface area contributed by atoms with Crippen LogP contribution >= 0.6 is 22.6 Å². The van der Waals surface area contributed by atoms with Crippen molar-refractivity contribution >= 4 is 28.4 Å². The topological polar surface area (TPSA) is 67.7 Å². The van der Waals surface area contributed by atoms with E-state index in [0.717, 1.165) is 16.1 Å². The van der Waals surface area contributed by atoms with E-state index in [9.17, 15) is 0 Å². The fourth-order valence-electron chi connectivity index (χ4n) is 1.68. The van der Waals surface area contributed by atoms with Gasteiger partial charge in [-0.2, -0.15) is 9.97 Å². The van der Waals surface area contributed by atoms with E-state index in [0.29, 0.717) is 19.2 Å². The van der Waals surface area contributed by atoms with Gasteiger partial charge in [0.05, 0.1) is 26.4 Å². The maximum atomic E-state index is 9.10. The van der Waals surface area contributed by atoms with Gasteiger partial charge < -0.3 is 19.5 Å². The summed E-state index contributed by atoms with van der Waals surface area (Å²) in [6, 6.07) is 2.25. The summed E-state index contributed by atoms with van der Waals surface area (Å²) in [4.78, 5) is 10.5. The lowest BCUT2D eigenvalue weighted by molar-refractivity contribution is 0.00332. The zero-order chi connectivity index (χ0) is 12.3. The molecule has 6 nitrogen and oxygen atoms in total. The molecule has 2 rings (SSSR count). The number of hydrogen-bond acceptors (Lipinski definition) is 6. The molecule has 94 valence electrons. The molecule has 0 bridgehead atoms. The molecule has 1 aromatic heterocycles. The van der Waals surface area contributed by atoms with E-state index in [1.807, 2.05) is 6.07 Å². The van der Waals surface area contributed by atoms with Crippen molar-refractivity contribution in [3.8, 4) is 6.01 Å². The molecule has 0 saturated carbocycles. The number of morpholine rings is 1. The Balaban J connectivity index is 2.18. The fraction of sp³-hybridized carbons (Fsp3) is 0.600. The summed E-state index contributed by atoms with van der Waals surface area (Å²) in [5.41, 5.74) is 0. The molecular weight excluding hydrogens is 337 g/mol. The van der Waals surface area contributed by atoms with E-state index in [1.54, 1.807) is 7.11 Å². The Kier molecular flexibility index (Phi) is 4.35. The zero-order valence-electron chi connectivity index (χ0n) is 9.47. The van der Waals surface area contributed by atoms with E-state index in [2.05, 4.69) is 37.5 Å². The number of anilines is 1. The van der Waals surface area contributed by atoms with Crippen LogP contribution in [0.3, 0.4) is 0 Å². The van der Waals surface area contributed by atoms with Gasteiger partial charge >= 0.3 is 6.01 Å². The van der Waals surface area contributed by atoms with Crippen LogP contribution in [0.2, 0.25) is 0 Å². The molecule has 0 aromatic carbocycles. The summed E-state index contributed by atoms with van der Waals surface area (Å²) >= 11 is 2.13. The smallest absolute Gasteiger partial charge is 0.319 e. The number of nitrogens with zero attached hydrogens (tertiary/aromatic N) is 3. The third-order valence-electron chi connectivity index (χ3n) is 2.51. The average molecular weight is 351 g/mol. The van der Waals surface area contributed by atoms with Gasteiger partial charge in [0.15, 0.2) is 0 Å². The van der Waals surface area contributed by atoms with Crippen molar-refractivity contribution in [1.82, 2.24) is 9.97 Å². The van der Waals surface area contributed by atoms with Crippen LogP contribution in [0, 0.1) is 3.70 Å². The van der Waals surface area contributed by atoms with Crippen LogP contribution in [-0.2, 0) is 4.74 Å². The summed E-state index contributed by atoms with van der Waals surface area (Å²) in [5.74, 6) is 0.808. The van der Waals surface area contributed by atoms with Gasteiger partial charge in [0.2, 0.25) is 0 Å². The van der Waals surface area contributed by atoms with Crippen LogP contribution in [0.4, 0.5) is 5.82 Å². The van der Waals surface area contributed by atoms with Crippen molar-refractivity contribution < 1.29 is 14.6 Å². The Morgan fingerprint density at radius 1 is 1.65 bits per heavy atom. The number of rotatable bonds is 3. The van der Waals surface area contributed by atoms with Crippen LogP contribution in [0.25, 0.3) is 0 Å². The molecule has 7 heteroatoms. The highest BCUT2D eigenvalue weighted by Gasteiger charge is 2.21. The summed E-state index contributed by atoms with van der Waals surface area (Å²) in [6.07, 6.45) is -0.151. The molecule has 1 aliphatic rings. The third kappa shape index (κ3) is 3.17. The standard InChI is InChI=1S/C10H14IN3O3/c1-16-10-12-8(11)4-9(13-10)14-2-3-17-7(5-14)6-15/h4,7,15H,2-3,5-6H2,1H3/t7-/m1/s1. The van der Waals surface area contributed by atoms with Crippen LogP contribution < -0.4 is 9.64 Å². The largest absolute Gasteiger partial charge is 0.467 e. The summed E-state index contributed by atoms with van der Waals surface area (Å²) in [6.45, 7) is 2.00. The van der Waals surface area contributed by atoms with Gasteiger partial charge in [0.1, 0.15) is 9.52 Å². The number of halogens is 1. The van der Waals surface area contributed by atoms with Crippen molar-refractivity contribution in [3.05, 3.63) is 9.77 Å². The fourth-order valence-corrected chi connectivity index (χ4v) is 2.16. The first-order valence-corrected chi connectivity index (χ1v) is 6.37. The normalized spacial score (nSPS) is 20.4. The quantitative estimate of drug-likeness (QED) is 0.624. The Bertz CT molecular complexity index is 391. The van der Waals surface area contributed by atoms with E-state index in [-0.39, 0.29) is 12.7 Å². The van der Waals surface area contributed by atoms with Gasteiger partial charge in [0.25, 0.3) is 0 Å². The molecular formula is C10H14IN3O3. The van der Waals surface area contributed by atoms with E-state index < -0.39 is 0 Å². The molecule has 17 heavy (non-hydrogen) atoms. The summed E-state index contributed by atoms with van der Waals surface area (Å²) in [7, 11) is 1.55. The predicted octanol–water partition coefficient (Wildman–Crippen LogP) is 0.287. The van der Waals surface area contributed by atoms with Crippen LogP contribution in [0.5, 0.6) is 6.01 Å². The highest BCUT2D eigenvalue weighted by Crippen LogP contribution is 2.19. The second-order valence-electron chi connectivity index (χ2n) is 3.66. The molecule has 1 N–H and O–H groups in total.